The van der Waals surface area contributed by atoms with E-state index < -0.39 is 9.84 Å². The molecule has 0 aromatic heterocycles. The van der Waals surface area contributed by atoms with E-state index in [1.165, 1.54) is 12.8 Å². The van der Waals surface area contributed by atoms with Gasteiger partial charge in [-0.2, -0.15) is 0 Å². The molecule has 0 saturated heterocycles. The smallest absolute Gasteiger partial charge is 0.151 e. The maximum absolute atomic E-state index is 11.2. The number of rotatable bonds is 6. The standard InChI is InChI=1S/C9H19NO2S/c1-3-13(11,12)7-8(2)10-6-9-4-5-9/h8-10H,3-7H2,1-2H3. The Balaban J connectivity index is 2.19. The van der Waals surface area contributed by atoms with E-state index in [9.17, 15) is 8.42 Å². The van der Waals surface area contributed by atoms with Gasteiger partial charge in [0, 0.05) is 11.8 Å². The lowest BCUT2D eigenvalue weighted by atomic mass is 10.3. The SMILES string of the molecule is CCS(=O)(=O)CC(C)NCC1CC1. The van der Waals surface area contributed by atoms with Crippen LogP contribution in [0.5, 0.6) is 0 Å². The van der Waals surface area contributed by atoms with Crippen molar-refractivity contribution in [3.05, 3.63) is 0 Å². The summed E-state index contributed by atoms with van der Waals surface area (Å²) in [5.41, 5.74) is 0. The van der Waals surface area contributed by atoms with Gasteiger partial charge < -0.3 is 5.32 Å². The lowest BCUT2D eigenvalue weighted by Crippen LogP contribution is -2.34. The van der Waals surface area contributed by atoms with Crippen LogP contribution in [0.15, 0.2) is 0 Å². The third kappa shape index (κ3) is 4.62. The third-order valence-electron chi connectivity index (χ3n) is 2.40. The molecule has 1 saturated carbocycles. The molecule has 0 aliphatic heterocycles. The summed E-state index contributed by atoms with van der Waals surface area (Å²) in [5, 5.41) is 3.26. The molecule has 1 fully saturated rings. The molecule has 1 aliphatic rings. The van der Waals surface area contributed by atoms with Crippen molar-refractivity contribution in [1.82, 2.24) is 5.32 Å². The van der Waals surface area contributed by atoms with E-state index in [0.29, 0.717) is 0 Å². The average molecular weight is 205 g/mol. The number of hydrogen-bond donors (Lipinski definition) is 1. The van der Waals surface area contributed by atoms with Gasteiger partial charge in [0.1, 0.15) is 0 Å². The van der Waals surface area contributed by atoms with Crippen molar-refractivity contribution >= 4 is 9.84 Å². The minimum Gasteiger partial charge on any atom is -0.313 e. The second kappa shape index (κ2) is 4.42. The molecule has 3 nitrogen and oxygen atoms in total. The molecule has 0 radical (unpaired) electrons. The zero-order valence-electron chi connectivity index (χ0n) is 8.41. The van der Waals surface area contributed by atoms with E-state index in [2.05, 4.69) is 5.32 Å². The Morgan fingerprint density at radius 3 is 2.54 bits per heavy atom. The Morgan fingerprint density at radius 2 is 2.08 bits per heavy atom. The molecule has 0 aromatic rings. The van der Waals surface area contributed by atoms with Gasteiger partial charge in [0.15, 0.2) is 9.84 Å². The molecular weight excluding hydrogens is 186 g/mol. The molecule has 1 atom stereocenters. The van der Waals surface area contributed by atoms with E-state index in [1.807, 2.05) is 6.92 Å². The van der Waals surface area contributed by atoms with E-state index in [0.717, 1.165) is 12.5 Å². The summed E-state index contributed by atoms with van der Waals surface area (Å²) in [5.74, 6) is 1.34. The zero-order valence-corrected chi connectivity index (χ0v) is 9.23. The summed E-state index contributed by atoms with van der Waals surface area (Å²) in [6.07, 6.45) is 2.61. The van der Waals surface area contributed by atoms with E-state index in [1.54, 1.807) is 6.92 Å². The first-order valence-electron chi connectivity index (χ1n) is 4.97. The van der Waals surface area contributed by atoms with Gasteiger partial charge in [-0.3, -0.25) is 0 Å². The summed E-state index contributed by atoms with van der Waals surface area (Å²) in [6.45, 7) is 4.62. The van der Waals surface area contributed by atoms with Crippen LogP contribution in [-0.2, 0) is 9.84 Å². The molecule has 0 heterocycles. The van der Waals surface area contributed by atoms with Gasteiger partial charge in [-0.25, -0.2) is 8.42 Å². The minimum absolute atomic E-state index is 0.102. The fraction of sp³-hybridized carbons (Fsp3) is 1.00. The second-order valence-corrected chi connectivity index (χ2v) is 6.35. The first kappa shape index (κ1) is 11.0. The molecular formula is C9H19NO2S. The molecule has 0 aromatic carbocycles. The third-order valence-corrected chi connectivity index (χ3v) is 4.28. The second-order valence-electron chi connectivity index (χ2n) is 3.95. The Labute approximate surface area is 80.8 Å². The molecule has 78 valence electrons. The Hall–Kier alpha value is -0.0900. The van der Waals surface area contributed by atoms with Crippen LogP contribution in [0.3, 0.4) is 0 Å². The van der Waals surface area contributed by atoms with Crippen LogP contribution in [0, 0.1) is 5.92 Å². The van der Waals surface area contributed by atoms with E-state index in [-0.39, 0.29) is 17.5 Å². The molecule has 1 N–H and O–H groups in total. The molecule has 1 aliphatic carbocycles. The Bertz CT molecular complexity index is 244. The van der Waals surface area contributed by atoms with Crippen LogP contribution in [-0.4, -0.2) is 32.5 Å². The van der Waals surface area contributed by atoms with E-state index >= 15 is 0 Å². The van der Waals surface area contributed by atoms with Crippen molar-refractivity contribution in [3.8, 4) is 0 Å². The van der Waals surface area contributed by atoms with Crippen LogP contribution in [0.25, 0.3) is 0 Å². The van der Waals surface area contributed by atoms with Crippen LogP contribution >= 0.6 is 0 Å². The number of sulfone groups is 1. The van der Waals surface area contributed by atoms with Gasteiger partial charge in [-0.1, -0.05) is 6.92 Å². The molecule has 13 heavy (non-hydrogen) atoms. The Kier molecular flexibility index (Phi) is 3.74. The highest BCUT2D eigenvalue weighted by Crippen LogP contribution is 2.27. The lowest BCUT2D eigenvalue weighted by molar-refractivity contribution is 0.543. The molecule has 0 amide bonds. The fourth-order valence-electron chi connectivity index (χ4n) is 1.25. The van der Waals surface area contributed by atoms with Crippen LogP contribution < -0.4 is 5.32 Å². The monoisotopic (exact) mass is 205 g/mol. The number of nitrogens with one attached hydrogen (secondary N) is 1. The van der Waals surface area contributed by atoms with Gasteiger partial charge in [0.05, 0.1) is 5.75 Å². The summed E-state index contributed by atoms with van der Waals surface area (Å²) in [7, 11) is -2.81. The van der Waals surface area contributed by atoms with Crippen LogP contribution in [0.4, 0.5) is 0 Å². The first-order valence-corrected chi connectivity index (χ1v) is 6.79. The van der Waals surface area contributed by atoms with E-state index in [4.69, 9.17) is 0 Å². The van der Waals surface area contributed by atoms with Crippen molar-refractivity contribution in [2.24, 2.45) is 5.92 Å². The van der Waals surface area contributed by atoms with Crippen molar-refractivity contribution in [2.75, 3.05) is 18.1 Å². The number of hydrogen-bond acceptors (Lipinski definition) is 3. The predicted molar refractivity (Wildman–Crippen MR) is 54.5 cm³/mol. The molecule has 0 spiro atoms. The van der Waals surface area contributed by atoms with Crippen LogP contribution in [0.1, 0.15) is 26.7 Å². The highest BCUT2D eigenvalue weighted by Gasteiger charge is 2.22. The van der Waals surface area contributed by atoms with Crippen molar-refractivity contribution in [1.29, 1.82) is 0 Å². The van der Waals surface area contributed by atoms with Crippen molar-refractivity contribution in [2.45, 2.75) is 32.7 Å². The molecule has 1 unspecified atom stereocenters. The summed E-state index contributed by atoms with van der Waals surface area (Å²) in [4.78, 5) is 0. The highest BCUT2D eigenvalue weighted by atomic mass is 32.2. The van der Waals surface area contributed by atoms with Crippen molar-refractivity contribution in [3.63, 3.8) is 0 Å². The van der Waals surface area contributed by atoms with Gasteiger partial charge in [0.25, 0.3) is 0 Å². The summed E-state index contributed by atoms with van der Waals surface area (Å²) in [6, 6.07) is 0.102. The van der Waals surface area contributed by atoms with Gasteiger partial charge >= 0.3 is 0 Å². The average Bonchev–Trinajstić information content (AvgIpc) is 2.83. The first-order chi connectivity index (χ1) is 6.03. The maximum Gasteiger partial charge on any atom is 0.151 e. The normalized spacial score (nSPS) is 20.2. The Morgan fingerprint density at radius 1 is 1.46 bits per heavy atom. The van der Waals surface area contributed by atoms with Crippen LogP contribution in [0.2, 0.25) is 0 Å². The zero-order chi connectivity index (χ0) is 9.90. The topological polar surface area (TPSA) is 46.2 Å². The molecule has 4 heteroatoms. The quantitative estimate of drug-likeness (QED) is 0.698. The van der Waals surface area contributed by atoms with Crippen molar-refractivity contribution < 1.29 is 8.42 Å². The van der Waals surface area contributed by atoms with Gasteiger partial charge in [0.2, 0.25) is 0 Å². The predicted octanol–water partition coefficient (Wildman–Crippen LogP) is 0.809. The molecule has 0 bridgehead atoms. The van der Waals surface area contributed by atoms with Gasteiger partial charge in [-0.05, 0) is 32.2 Å². The summed E-state index contributed by atoms with van der Waals surface area (Å²) < 4.78 is 22.5. The lowest BCUT2D eigenvalue weighted by Gasteiger charge is -2.12. The fourth-order valence-corrected chi connectivity index (χ4v) is 2.36. The molecule has 1 rings (SSSR count). The largest absolute Gasteiger partial charge is 0.313 e. The van der Waals surface area contributed by atoms with Gasteiger partial charge in [-0.15, -0.1) is 0 Å². The summed E-state index contributed by atoms with van der Waals surface area (Å²) >= 11 is 0. The minimum atomic E-state index is -2.81. The maximum atomic E-state index is 11.2. The highest BCUT2D eigenvalue weighted by molar-refractivity contribution is 7.91.